The van der Waals surface area contributed by atoms with E-state index >= 15 is 0 Å². The Labute approximate surface area is 105 Å². The summed E-state index contributed by atoms with van der Waals surface area (Å²) in [7, 11) is 0. The van der Waals surface area contributed by atoms with E-state index in [-0.39, 0.29) is 5.97 Å². The van der Waals surface area contributed by atoms with Gasteiger partial charge in [0.2, 0.25) is 0 Å². The molecule has 0 amide bonds. The van der Waals surface area contributed by atoms with Gasteiger partial charge in [-0.15, -0.1) is 0 Å². The summed E-state index contributed by atoms with van der Waals surface area (Å²) in [6.07, 6.45) is 5.29. The van der Waals surface area contributed by atoms with Gasteiger partial charge in [-0.05, 0) is 48.9 Å². The third kappa shape index (κ3) is 2.66. The van der Waals surface area contributed by atoms with E-state index in [1.165, 1.54) is 12.8 Å². The van der Waals surface area contributed by atoms with Crippen molar-refractivity contribution >= 4 is 5.97 Å². The van der Waals surface area contributed by atoms with Crippen LogP contribution in [-0.4, -0.2) is 12.6 Å². The monoisotopic (exact) mass is 238 g/mol. The molecule has 0 aliphatic heterocycles. The summed E-state index contributed by atoms with van der Waals surface area (Å²) in [4.78, 5) is 11.5. The quantitative estimate of drug-likeness (QED) is 0.683. The van der Waals surface area contributed by atoms with Crippen LogP contribution in [0.3, 0.4) is 0 Å². The number of unbranched alkanes of at least 4 members (excludes halogenated alkanes) is 1. The highest BCUT2D eigenvalue weighted by atomic mass is 16.5. The summed E-state index contributed by atoms with van der Waals surface area (Å²) in [6, 6.07) is 0. The van der Waals surface area contributed by atoms with E-state index in [1.807, 2.05) is 0 Å². The van der Waals surface area contributed by atoms with Crippen molar-refractivity contribution in [2.75, 3.05) is 6.61 Å². The van der Waals surface area contributed by atoms with Crippen LogP contribution in [-0.2, 0) is 9.53 Å². The normalized spacial score (nSPS) is 39.6. The molecular weight excluding hydrogens is 212 g/mol. The lowest BCUT2D eigenvalue weighted by atomic mass is 9.76. The zero-order valence-electron chi connectivity index (χ0n) is 11.4. The summed E-state index contributed by atoms with van der Waals surface area (Å²) < 4.78 is 5.43. The van der Waals surface area contributed by atoms with Crippen molar-refractivity contribution in [2.24, 2.45) is 29.6 Å². The lowest BCUT2D eigenvalue weighted by Gasteiger charge is -2.31. The third-order valence-electron chi connectivity index (χ3n) is 5.23. The molecule has 0 spiro atoms. The van der Waals surface area contributed by atoms with Crippen LogP contribution in [0.2, 0.25) is 0 Å². The standard InChI is InChI=1S/C15H26O2/c1-4-5-6-15(16)17-9-13-7-12-8-14(13)11(3)10(12)2/h10-14H,4-9H2,1-3H3. The van der Waals surface area contributed by atoms with Crippen molar-refractivity contribution in [1.29, 1.82) is 0 Å². The van der Waals surface area contributed by atoms with Crippen LogP contribution in [0.1, 0.15) is 52.9 Å². The SMILES string of the molecule is CCCCC(=O)OCC1CC2CC1C(C)C2C. The van der Waals surface area contributed by atoms with E-state index in [0.717, 1.165) is 36.5 Å². The van der Waals surface area contributed by atoms with Gasteiger partial charge in [-0.25, -0.2) is 0 Å². The largest absolute Gasteiger partial charge is 0.465 e. The first-order chi connectivity index (χ1) is 8.13. The molecule has 2 rings (SSSR count). The maximum Gasteiger partial charge on any atom is 0.305 e. The highest BCUT2D eigenvalue weighted by Crippen LogP contribution is 2.54. The molecule has 0 aromatic carbocycles. The first-order valence-electron chi connectivity index (χ1n) is 7.29. The fourth-order valence-corrected chi connectivity index (χ4v) is 3.88. The smallest absolute Gasteiger partial charge is 0.305 e. The minimum atomic E-state index is 0.00956. The Morgan fingerprint density at radius 3 is 2.59 bits per heavy atom. The van der Waals surface area contributed by atoms with Crippen molar-refractivity contribution in [3.8, 4) is 0 Å². The second-order valence-electron chi connectivity index (χ2n) is 6.16. The van der Waals surface area contributed by atoms with Crippen LogP contribution in [0.4, 0.5) is 0 Å². The van der Waals surface area contributed by atoms with Crippen molar-refractivity contribution in [3.05, 3.63) is 0 Å². The fourth-order valence-electron chi connectivity index (χ4n) is 3.88. The summed E-state index contributed by atoms with van der Waals surface area (Å²) >= 11 is 0. The minimum absolute atomic E-state index is 0.00956. The first-order valence-corrected chi connectivity index (χ1v) is 7.29. The Hall–Kier alpha value is -0.530. The minimum Gasteiger partial charge on any atom is -0.465 e. The lowest BCUT2D eigenvalue weighted by Crippen LogP contribution is -2.28. The molecule has 2 heteroatoms. The molecule has 2 bridgehead atoms. The average Bonchev–Trinajstić information content (AvgIpc) is 2.85. The van der Waals surface area contributed by atoms with E-state index < -0.39 is 0 Å². The van der Waals surface area contributed by atoms with Crippen LogP contribution in [0.15, 0.2) is 0 Å². The number of carbonyl (C=O) groups is 1. The predicted molar refractivity (Wildman–Crippen MR) is 68.5 cm³/mol. The second-order valence-corrected chi connectivity index (χ2v) is 6.16. The zero-order chi connectivity index (χ0) is 12.4. The molecule has 0 radical (unpaired) electrons. The van der Waals surface area contributed by atoms with E-state index in [1.54, 1.807) is 0 Å². The Morgan fingerprint density at radius 2 is 2.00 bits per heavy atom. The third-order valence-corrected chi connectivity index (χ3v) is 5.23. The molecule has 0 heterocycles. The topological polar surface area (TPSA) is 26.3 Å². The number of hydrogen-bond donors (Lipinski definition) is 0. The van der Waals surface area contributed by atoms with Gasteiger partial charge in [-0.3, -0.25) is 4.79 Å². The van der Waals surface area contributed by atoms with Crippen molar-refractivity contribution in [1.82, 2.24) is 0 Å². The van der Waals surface area contributed by atoms with Crippen molar-refractivity contribution < 1.29 is 9.53 Å². The molecule has 2 aliphatic rings. The van der Waals surface area contributed by atoms with Gasteiger partial charge in [0.05, 0.1) is 6.61 Å². The van der Waals surface area contributed by atoms with Gasteiger partial charge >= 0.3 is 5.97 Å². The summed E-state index contributed by atoms with van der Waals surface area (Å²) in [6.45, 7) is 7.55. The summed E-state index contributed by atoms with van der Waals surface area (Å²) in [5.41, 5.74) is 0. The molecule has 2 aliphatic carbocycles. The van der Waals surface area contributed by atoms with Crippen LogP contribution in [0.25, 0.3) is 0 Å². The molecule has 5 atom stereocenters. The van der Waals surface area contributed by atoms with Gasteiger partial charge in [-0.2, -0.15) is 0 Å². The highest BCUT2D eigenvalue weighted by molar-refractivity contribution is 5.69. The first kappa shape index (κ1) is 12.9. The van der Waals surface area contributed by atoms with E-state index in [4.69, 9.17) is 4.74 Å². The van der Waals surface area contributed by atoms with Gasteiger partial charge in [0, 0.05) is 6.42 Å². The Bertz CT molecular complexity index is 272. The molecule has 5 unspecified atom stereocenters. The fraction of sp³-hybridized carbons (Fsp3) is 0.933. The maximum atomic E-state index is 11.5. The number of carbonyl (C=O) groups excluding carboxylic acids is 1. The molecule has 17 heavy (non-hydrogen) atoms. The van der Waals surface area contributed by atoms with Gasteiger partial charge in [0.1, 0.15) is 0 Å². The van der Waals surface area contributed by atoms with Gasteiger partial charge in [-0.1, -0.05) is 27.2 Å². The van der Waals surface area contributed by atoms with Crippen LogP contribution in [0.5, 0.6) is 0 Å². The molecule has 0 aromatic heterocycles. The molecule has 98 valence electrons. The van der Waals surface area contributed by atoms with Crippen LogP contribution in [0, 0.1) is 29.6 Å². The van der Waals surface area contributed by atoms with E-state index in [2.05, 4.69) is 20.8 Å². The molecule has 2 saturated carbocycles. The molecular formula is C15H26O2. The molecule has 0 saturated heterocycles. The van der Waals surface area contributed by atoms with Gasteiger partial charge < -0.3 is 4.74 Å². The van der Waals surface area contributed by atoms with Crippen LogP contribution >= 0.6 is 0 Å². The van der Waals surface area contributed by atoms with Gasteiger partial charge in [0.25, 0.3) is 0 Å². The van der Waals surface area contributed by atoms with Crippen molar-refractivity contribution in [3.63, 3.8) is 0 Å². The molecule has 0 N–H and O–H groups in total. The van der Waals surface area contributed by atoms with Crippen molar-refractivity contribution in [2.45, 2.75) is 52.9 Å². The highest BCUT2D eigenvalue weighted by Gasteiger charge is 2.48. The molecule has 2 nitrogen and oxygen atoms in total. The average molecular weight is 238 g/mol. The number of ether oxygens (including phenoxy) is 1. The second kappa shape index (κ2) is 5.41. The molecule has 2 fully saturated rings. The lowest BCUT2D eigenvalue weighted by molar-refractivity contribution is -0.146. The maximum absolute atomic E-state index is 11.5. The predicted octanol–water partition coefficient (Wildman–Crippen LogP) is 3.65. The summed E-state index contributed by atoms with van der Waals surface area (Å²) in [5, 5.41) is 0. The molecule has 0 aromatic rings. The number of esters is 1. The van der Waals surface area contributed by atoms with E-state index in [0.29, 0.717) is 18.9 Å². The number of fused-ring (bicyclic) bond motifs is 2. The van der Waals surface area contributed by atoms with Gasteiger partial charge in [0.15, 0.2) is 0 Å². The van der Waals surface area contributed by atoms with E-state index in [9.17, 15) is 4.79 Å². The Morgan fingerprint density at radius 1 is 1.24 bits per heavy atom. The number of hydrogen-bond acceptors (Lipinski definition) is 2. The zero-order valence-corrected chi connectivity index (χ0v) is 11.4. The Balaban J connectivity index is 1.73. The van der Waals surface area contributed by atoms with Crippen LogP contribution < -0.4 is 0 Å². The number of rotatable bonds is 5. The summed E-state index contributed by atoms with van der Waals surface area (Å²) in [5.74, 6) is 4.08. The Kier molecular flexibility index (Phi) is 4.11.